The van der Waals surface area contributed by atoms with Crippen molar-refractivity contribution in [3.8, 4) is 0 Å². The minimum absolute atomic E-state index is 0.244. The van der Waals surface area contributed by atoms with Crippen LogP contribution in [0.2, 0.25) is 0 Å². The molecule has 6 nitrogen and oxygen atoms in total. The Labute approximate surface area is 115 Å². The van der Waals surface area contributed by atoms with Gasteiger partial charge in [0.25, 0.3) is 0 Å². The minimum atomic E-state index is -0.642. The Balaban J connectivity index is 2.86. The first-order valence-corrected chi connectivity index (χ1v) is 6.56. The van der Waals surface area contributed by atoms with Crippen molar-refractivity contribution in [2.75, 3.05) is 33.4 Å². The van der Waals surface area contributed by atoms with Gasteiger partial charge < -0.3 is 19.9 Å². The van der Waals surface area contributed by atoms with Crippen LogP contribution in [-0.4, -0.2) is 61.7 Å². The van der Waals surface area contributed by atoms with Gasteiger partial charge in [0.05, 0.1) is 24.9 Å². The molecule has 2 atom stereocenters. The molecule has 112 valence electrons. The van der Waals surface area contributed by atoms with E-state index >= 15 is 0 Å². The highest BCUT2D eigenvalue weighted by atomic mass is 16.6. The number of hydrogen-bond acceptors (Lipinski definition) is 5. The molecule has 0 radical (unpaired) electrons. The summed E-state index contributed by atoms with van der Waals surface area (Å²) in [5.41, 5.74) is 4.62. The van der Waals surface area contributed by atoms with Gasteiger partial charge >= 0.3 is 6.09 Å². The number of hydrogen-bond donors (Lipinski definition) is 1. The van der Waals surface area contributed by atoms with Gasteiger partial charge in [0.2, 0.25) is 0 Å². The maximum atomic E-state index is 12.3. The van der Waals surface area contributed by atoms with Gasteiger partial charge in [-0.3, -0.25) is 4.90 Å². The summed E-state index contributed by atoms with van der Waals surface area (Å²) in [6.07, 6.45) is -0.350. The van der Waals surface area contributed by atoms with Crippen molar-refractivity contribution >= 4 is 6.09 Å². The largest absolute Gasteiger partial charge is 0.444 e. The summed E-state index contributed by atoms with van der Waals surface area (Å²) >= 11 is 0. The van der Waals surface area contributed by atoms with Crippen LogP contribution in [0, 0.1) is 0 Å². The molecule has 1 amide bonds. The summed E-state index contributed by atoms with van der Waals surface area (Å²) in [6, 6.07) is -0.244. The normalized spacial score (nSPS) is 23.9. The molecule has 0 saturated carbocycles. The number of rotatable bonds is 3. The lowest BCUT2D eigenvalue weighted by atomic mass is 9.94. The van der Waals surface area contributed by atoms with Crippen LogP contribution >= 0.6 is 0 Å². The molecule has 0 aliphatic carbocycles. The Morgan fingerprint density at radius 2 is 2.05 bits per heavy atom. The van der Waals surface area contributed by atoms with Gasteiger partial charge in [0.15, 0.2) is 0 Å². The SMILES string of the molecule is COC(C)(CN)C1COCCN1C(=O)OC(C)(C)C. The molecular weight excluding hydrogens is 248 g/mol. The van der Waals surface area contributed by atoms with Gasteiger partial charge in [-0.25, -0.2) is 4.79 Å². The van der Waals surface area contributed by atoms with Crippen LogP contribution < -0.4 is 5.73 Å². The molecule has 19 heavy (non-hydrogen) atoms. The third-order valence-electron chi connectivity index (χ3n) is 3.33. The van der Waals surface area contributed by atoms with Crippen molar-refractivity contribution in [1.29, 1.82) is 0 Å². The van der Waals surface area contributed by atoms with Crippen LogP contribution in [-0.2, 0) is 14.2 Å². The van der Waals surface area contributed by atoms with Gasteiger partial charge in [-0.05, 0) is 27.7 Å². The quantitative estimate of drug-likeness (QED) is 0.830. The van der Waals surface area contributed by atoms with Crippen molar-refractivity contribution in [2.24, 2.45) is 5.73 Å². The van der Waals surface area contributed by atoms with Gasteiger partial charge in [-0.2, -0.15) is 0 Å². The number of morpholine rings is 1. The van der Waals surface area contributed by atoms with Crippen LogP contribution in [0.5, 0.6) is 0 Å². The lowest BCUT2D eigenvalue weighted by Gasteiger charge is -2.44. The van der Waals surface area contributed by atoms with E-state index in [1.165, 1.54) is 0 Å². The van der Waals surface area contributed by atoms with E-state index in [0.29, 0.717) is 26.3 Å². The molecule has 1 saturated heterocycles. The number of amides is 1. The molecule has 0 bridgehead atoms. The first-order valence-electron chi connectivity index (χ1n) is 6.56. The Bertz CT molecular complexity index is 310. The molecule has 1 heterocycles. The van der Waals surface area contributed by atoms with Gasteiger partial charge in [0, 0.05) is 20.2 Å². The first-order chi connectivity index (χ1) is 8.73. The molecule has 0 aromatic carbocycles. The molecule has 2 unspecified atom stereocenters. The summed E-state index contributed by atoms with van der Waals surface area (Å²) < 4.78 is 16.4. The van der Waals surface area contributed by atoms with Gasteiger partial charge in [0.1, 0.15) is 5.60 Å². The topological polar surface area (TPSA) is 74.0 Å². The zero-order valence-electron chi connectivity index (χ0n) is 12.6. The lowest BCUT2D eigenvalue weighted by Crippen LogP contribution is -2.62. The smallest absolute Gasteiger partial charge is 0.410 e. The van der Waals surface area contributed by atoms with E-state index < -0.39 is 11.2 Å². The van der Waals surface area contributed by atoms with Crippen molar-refractivity contribution in [3.05, 3.63) is 0 Å². The molecule has 1 fully saturated rings. The second-order valence-electron chi connectivity index (χ2n) is 5.99. The molecule has 0 aromatic heterocycles. The average molecular weight is 274 g/mol. The molecule has 6 heteroatoms. The standard InChI is InChI=1S/C13H26N2O4/c1-12(2,3)19-11(16)15-6-7-18-8-10(15)13(4,9-14)17-5/h10H,6-9,14H2,1-5H3. The number of carbonyl (C=O) groups is 1. The molecule has 1 aliphatic heterocycles. The highest BCUT2D eigenvalue weighted by Crippen LogP contribution is 2.24. The van der Waals surface area contributed by atoms with Crippen molar-refractivity contribution in [1.82, 2.24) is 4.90 Å². The Morgan fingerprint density at radius 1 is 1.42 bits per heavy atom. The summed E-state index contributed by atoms with van der Waals surface area (Å²) in [5.74, 6) is 0. The maximum Gasteiger partial charge on any atom is 0.410 e. The molecule has 1 rings (SSSR count). The molecular formula is C13H26N2O4. The van der Waals surface area contributed by atoms with Crippen molar-refractivity contribution < 1.29 is 19.0 Å². The number of carbonyl (C=O) groups excluding carboxylic acids is 1. The fraction of sp³-hybridized carbons (Fsp3) is 0.923. The number of nitrogens with zero attached hydrogens (tertiary/aromatic N) is 1. The number of nitrogens with two attached hydrogens (primary N) is 1. The molecule has 0 spiro atoms. The zero-order valence-corrected chi connectivity index (χ0v) is 12.6. The molecule has 2 N–H and O–H groups in total. The highest BCUT2D eigenvalue weighted by molar-refractivity contribution is 5.69. The zero-order chi connectivity index (χ0) is 14.7. The lowest BCUT2D eigenvalue weighted by molar-refractivity contribution is -0.114. The predicted molar refractivity (Wildman–Crippen MR) is 72.0 cm³/mol. The Hall–Kier alpha value is -0.850. The van der Waals surface area contributed by atoms with Crippen molar-refractivity contribution in [2.45, 2.75) is 44.9 Å². The summed E-state index contributed by atoms with van der Waals surface area (Å²) in [5, 5.41) is 0. The van der Waals surface area contributed by atoms with Crippen LogP contribution in [0.1, 0.15) is 27.7 Å². The Morgan fingerprint density at radius 3 is 2.53 bits per heavy atom. The molecule has 1 aliphatic rings. The summed E-state index contributed by atoms with van der Waals surface area (Å²) in [7, 11) is 1.59. The van der Waals surface area contributed by atoms with Crippen LogP contribution in [0.4, 0.5) is 4.79 Å². The number of methoxy groups -OCH3 is 1. The van der Waals surface area contributed by atoms with Gasteiger partial charge in [-0.1, -0.05) is 0 Å². The van der Waals surface area contributed by atoms with Crippen LogP contribution in [0.25, 0.3) is 0 Å². The monoisotopic (exact) mass is 274 g/mol. The third-order valence-corrected chi connectivity index (χ3v) is 3.33. The van der Waals surface area contributed by atoms with E-state index in [2.05, 4.69) is 0 Å². The van der Waals surface area contributed by atoms with Gasteiger partial charge in [-0.15, -0.1) is 0 Å². The van der Waals surface area contributed by atoms with Crippen LogP contribution in [0.15, 0.2) is 0 Å². The maximum absolute atomic E-state index is 12.3. The van der Waals surface area contributed by atoms with E-state index in [4.69, 9.17) is 19.9 Å². The van der Waals surface area contributed by atoms with Crippen molar-refractivity contribution in [3.63, 3.8) is 0 Å². The van der Waals surface area contributed by atoms with E-state index in [1.807, 2.05) is 27.7 Å². The number of ether oxygens (including phenoxy) is 3. The van der Waals surface area contributed by atoms with Crippen LogP contribution in [0.3, 0.4) is 0 Å². The summed E-state index contributed by atoms with van der Waals surface area (Å²) in [6.45, 7) is 9.11. The Kier molecular flexibility index (Phi) is 5.18. The first kappa shape index (κ1) is 16.2. The summed E-state index contributed by atoms with van der Waals surface area (Å²) in [4.78, 5) is 13.9. The second kappa shape index (κ2) is 6.07. The van der Waals surface area contributed by atoms with E-state index in [-0.39, 0.29) is 12.1 Å². The predicted octanol–water partition coefficient (Wildman–Crippen LogP) is 0.986. The van der Waals surface area contributed by atoms with E-state index in [1.54, 1.807) is 12.0 Å². The van der Waals surface area contributed by atoms with E-state index in [9.17, 15) is 4.79 Å². The third kappa shape index (κ3) is 4.06. The molecule has 0 aromatic rings. The fourth-order valence-corrected chi connectivity index (χ4v) is 2.00. The van der Waals surface area contributed by atoms with E-state index in [0.717, 1.165) is 0 Å². The fourth-order valence-electron chi connectivity index (χ4n) is 2.00. The average Bonchev–Trinajstić information content (AvgIpc) is 2.36. The minimum Gasteiger partial charge on any atom is -0.444 e. The second-order valence-corrected chi connectivity index (χ2v) is 5.99. The highest BCUT2D eigenvalue weighted by Gasteiger charge is 2.42.